The predicted octanol–water partition coefficient (Wildman–Crippen LogP) is 2.17. The molecule has 0 heterocycles. The fourth-order valence-electron chi connectivity index (χ4n) is 2.28. The summed E-state index contributed by atoms with van der Waals surface area (Å²) in [5, 5.41) is 21.8. The summed E-state index contributed by atoms with van der Waals surface area (Å²) in [7, 11) is -9.91. The molecule has 0 atom stereocenters. The van der Waals surface area contributed by atoms with E-state index in [1.165, 1.54) is 0 Å². The zero-order chi connectivity index (χ0) is 21.3. The molecule has 0 amide bonds. The molecule has 28 heavy (non-hydrogen) atoms. The van der Waals surface area contributed by atoms with E-state index in [9.17, 15) is 46.2 Å². The minimum Gasteiger partial charge on any atom is -0.282 e. The summed E-state index contributed by atoms with van der Waals surface area (Å²) in [5.41, 5.74) is -2.15. The molecule has 0 saturated heterocycles. The molecule has 14 heteroatoms. The molecule has 0 radical (unpaired) electrons. The lowest BCUT2D eigenvalue weighted by atomic mass is 10.1. The normalized spacial score (nSPS) is 12.2. The van der Waals surface area contributed by atoms with Crippen LogP contribution < -0.4 is 0 Å². The van der Waals surface area contributed by atoms with Crippen molar-refractivity contribution in [1.29, 1.82) is 0 Å². The largest absolute Gasteiger partial charge is 0.302 e. The third-order valence-electron chi connectivity index (χ3n) is 3.41. The van der Waals surface area contributed by atoms with E-state index >= 15 is 0 Å². The van der Waals surface area contributed by atoms with Crippen molar-refractivity contribution < 1.29 is 35.8 Å². The Morgan fingerprint density at radius 1 is 0.821 bits per heavy atom. The minimum absolute atomic E-state index is 0.263. The van der Waals surface area contributed by atoms with Crippen molar-refractivity contribution in [2.45, 2.75) is 9.79 Å². The van der Waals surface area contributed by atoms with Gasteiger partial charge in [0, 0.05) is 23.8 Å². The summed E-state index contributed by atoms with van der Waals surface area (Å²) in [6.45, 7) is 0. The van der Waals surface area contributed by atoms with E-state index < -0.39 is 51.2 Å². The summed E-state index contributed by atoms with van der Waals surface area (Å²) < 4.78 is 64.6. The number of hydrogen-bond donors (Lipinski definition) is 2. The first-order chi connectivity index (χ1) is 12.8. The van der Waals surface area contributed by atoms with Crippen LogP contribution in [0.4, 0.5) is 11.4 Å². The fraction of sp³-hybridized carbons (Fsp3) is 0. The molecule has 2 aromatic rings. The average molecular weight is 430 g/mol. The number of rotatable bonds is 6. The lowest BCUT2D eigenvalue weighted by Gasteiger charge is -2.05. The van der Waals surface area contributed by atoms with Gasteiger partial charge in [-0.2, -0.15) is 16.8 Å². The second kappa shape index (κ2) is 7.43. The first-order valence-electron chi connectivity index (χ1n) is 7.01. The zero-order valence-electron chi connectivity index (χ0n) is 13.5. The van der Waals surface area contributed by atoms with Crippen LogP contribution in [0.25, 0.3) is 12.2 Å². The summed E-state index contributed by atoms with van der Waals surface area (Å²) in [6, 6.07) is 5.58. The Labute approximate surface area is 157 Å². The van der Waals surface area contributed by atoms with Gasteiger partial charge in [0.1, 0.15) is 4.90 Å². The first kappa shape index (κ1) is 21.1. The van der Waals surface area contributed by atoms with Crippen LogP contribution in [0.15, 0.2) is 46.2 Å². The van der Waals surface area contributed by atoms with Crippen molar-refractivity contribution in [3.63, 3.8) is 0 Å². The molecule has 0 aromatic heterocycles. The summed E-state index contributed by atoms with van der Waals surface area (Å²) in [6.07, 6.45) is 1.90. The highest BCUT2D eigenvalue weighted by Crippen LogP contribution is 2.30. The highest BCUT2D eigenvalue weighted by molar-refractivity contribution is 7.86. The Morgan fingerprint density at radius 3 is 1.93 bits per heavy atom. The fourth-order valence-corrected chi connectivity index (χ4v) is 3.82. The van der Waals surface area contributed by atoms with Crippen LogP contribution in [-0.2, 0) is 20.2 Å². The zero-order valence-corrected chi connectivity index (χ0v) is 15.1. The molecule has 0 unspecified atom stereocenters. The van der Waals surface area contributed by atoms with E-state index in [4.69, 9.17) is 0 Å². The molecule has 12 nitrogen and oxygen atoms in total. The van der Waals surface area contributed by atoms with Crippen LogP contribution >= 0.6 is 0 Å². The second-order valence-electron chi connectivity index (χ2n) is 5.22. The number of benzene rings is 2. The smallest absolute Gasteiger partial charge is 0.282 e. The van der Waals surface area contributed by atoms with Gasteiger partial charge in [0.2, 0.25) is 0 Å². The minimum atomic E-state index is -5.02. The lowest BCUT2D eigenvalue weighted by molar-refractivity contribution is -0.387. The van der Waals surface area contributed by atoms with Gasteiger partial charge in [0.05, 0.1) is 9.85 Å². The van der Waals surface area contributed by atoms with Crippen LogP contribution in [0.3, 0.4) is 0 Å². The lowest BCUT2D eigenvalue weighted by Crippen LogP contribution is -2.05. The summed E-state index contributed by atoms with van der Waals surface area (Å²) in [5.74, 6) is 0. The van der Waals surface area contributed by atoms with Crippen LogP contribution in [0.2, 0.25) is 0 Å². The van der Waals surface area contributed by atoms with E-state index in [0.717, 1.165) is 42.5 Å². The van der Waals surface area contributed by atoms with E-state index in [-0.39, 0.29) is 11.1 Å². The van der Waals surface area contributed by atoms with Crippen molar-refractivity contribution in [3.05, 3.63) is 67.8 Å². The van der Waals surface area contributed by atoms with Gasteiger partial charge in [-0.1, -0.05) is 24.3 Å². The van der Waals surface area contributed by atoms with Crippen molar-refractivity contribution >= 4 is 43.8 Å². The molecule has 2 N–H and O–H groups in total. The molecule has 2 rings (SSSR count). The van der Waals surface area contributed by atoms with Crippen LogP contribution in [0.5, 0.6) is 0 Å². The number of hydrogen-bond acceptors (Lipinski definition) is 8. The van der Waals surface area contributed by atoms with Gasteiger partial charge >= 0.3 is 10.1 Å². The van der Waals surface area contributed by atoms with Crippen molar-refractivity contribution in [1.82, 2.24) is 0 Å². The third kappa shape index (κ3) is 4.55. The molecule has 0 aliphatic carbocycles. The molecule has 0 fully saturated rings. The van der Waals surface area contributed by atoms with E-state index in [1.807, 2.05) is 0 Å². The maximum Gasteiger partial charge on any atom is 0.302 e. The number of nitro benzene ring substituents is 2. The van der Waals surface area contributed by atoms with Crippen molar-refractivity contribution in [3.8, 4) is 0 Å². The Bertz CT molecular complexity index is 1220. The Hall–Kier alpha value is -3.20. The molecule has 0 aliphatic rings. The second-order valence-corrected chi connectivity index (χ2v) is 7.96. The van der Waals surface area contributed by atoms with Gasteiger partial charge in [-0.15, -0.1) is 0 Å². The Morgan fingerprint density at radius 2 is 1.43 bits per heavy atom. The van der Waals surface area contributed by atoms with Gasteiger partial charge < -0.3 is 0 Å². The van der Waals surface area contributed by atoms with Crippen LogP contribution in [-0.4, -0.2) is 35.8 Å². The molecule has 0 saturated carbocycles. The molecule has 148 valence electrons. The van der Waals surface area contributed by atoms with Gasteiger partial charge in [-0.05, 0) is 11.6 Å². The predicted molar refractivity (Wildman–Crippen MR) is 94.8 cm³/mol. The number of nitrogens with zero attached hydrogens (tertiary/aromatic N) is 2. The van der Waals surface area contributed by atoms with E-state index in [2.05, 4.69) is 0 Å². The summed E-state index contributed by atoms with van der Waals surface area (Å²) in [4.78, 5) is 18.0. The Kier molecular flexibility index (Phi) is 5.60. The topological polar surface area (TPSA) is 195 Å². The highest BCUT2D eigenvalue weighted by atomic mass is 32.2. The third-order valence-corrected chi connectivity index (χ3v) is 5.28. The van der Waals surface area contributed by atoms with Crippen molar-refractivity contribution in [2.24, 2.45) is 0 Å². The molecule has 0 aliphatic heterocycles. The van der Waals surface area contributed by atoms with Crippen LogP contribution in [0.1, 0.15) is 11.1 Å². The molecule has 2 aromatic carbocycles. The maximum absolute atomic E-state index is 11.5. The molecule has 0 bridgehead atoms. The van der Waals surface area contributed by atoms with Gasteiger partial charge in [-0.25, -0.2) is 0 Å². The molecular formula is C14H10N2O10S2. The number of non-ortho nitro benzene ring substituents is 1. The monoisotopic (exact) mass is 430 g/mol. The van der Waals surface area contributed by atoms with Gasteiger partial charge in [-0.3, -0.25) is 29.3 Å². The van der Waals surface area contributed by atoms with Crippen LogP contribution in [0, 0.1) is 20.2 Å². The highest BCUT2D eigenvalue weighted by Gasteiger charge is 2.27. The standard InChI is InChI=1S/C14H10N2O10S2/c17-15(18)11-7-6-9(13(8-11)27(21,22)23)4-5-10-2-1-3-12(16(19)20)14(10)28(24,25)26/h1-8H,(H,21,22,23)(H,24,25,26). The number of nitro groups is 2. The van der Waals surface area contributed by atoms with Gasteiger partial charge in [0.25, 0.3) is 21.5 Å². The Balaban J connectivity index is 2.70. The molecular weight excluding hydrogens is 420 g/mol. The first-order valence-corrected chi connectivity index (χ1v) is 9.89. The molecule has 0 spiro atoms. The van der Waals surface area contributed by atoms with E-state index in [0.29, 0.717) is 6.07 Å². The van der Waals surface area contributed by atoms with Gasteiger partial charge in [0.15, 0.2) is 4.90 Å². The maximum atomic E-state index is 11.5. The summed E-state index contributed by atoms with van der Waals surface area (Å²) >= 11 is 0. The SMILES string of the molecule is O=[N+]([O-])c1ccc(C=Cc2cccc([N+](=O)[O-])c2S(=O)(=O)O)c(S(=O)(=O)O)c1. The quantitative estimate of drug-likeness (QED) is 0.296. The average Bonchev–Trinajstić information content (AvgIpc) is 2.57. The van der Waals surface area contributed by atoms with E-state index in [1.54, 1.807) is 0 Å². The van der Waals surface area contributed by atoms with Crippen molar-refractivity contribution in [2.75, 3.05) is 0 Å².